The van der Waals surface area contributed by atoms with Gasteiger partial charge in [0.15, 0.2) is 5.15 Å². The normalized spacial score (nSPS) is 14.9. The molecule has 3 N–H and O–H groups in total. The third kappa shape index (κ3) is 4.12. The molecule has 3 aromatic rings. The molecule has 1 aliphatic heterocycles. The van der Waals surface area contributed by atoms with E-state index in [1.54, 1.807) is 7.11 Å². The zero-order valence-electron chi connectivity index (χ0n) is 16.6. The highest BCUT2D eigenvalue weighted by Gasteiger charge is 2.20. The third-order valence-electron chi connectivity index (χ3n) is 5.32. The van der Waals surface area contributed by atoms with Crippen LogP contribution in [0, 0.1) is 0 Å². The van der Waals surface area contributed by atoms with Gasteiger partial charge >= 0.3 is 6.09 Å². The lowest BCUT2D eigenvalue weighted by Gasteiger charge is -2.33. The number of piperazine rings is 1. The number of nitrogen functional groups attached to an aromatic ring is 1. The number of halogens is 1. The second kappa shape index (κ2) is 8.37. The van der Waals surface area contributed by atoms with Gasteiger partial charge in [0, 0.05) is 44.5 Å². The summed E-state index contributed by atoms with van der Waals surface area (Å²) in [5.74, 6) is 0.927. The molecule has 4 rings (SSSR count). The van der Waals surface area contributed by atoms with Crippen molar-refractivity contribution in [3.63, 3.8) is 0 Å². The fourth-order valence-corrected chi connectivity index (χ4v) is 4.09. The number of rotatable bonds is 5. The standard InChI is InChI=1S/C20H23ClN6O3/c1-30-16-3-2-13(11-25-6-8-26(9-7-25)20(28)29)10-14(16)12-27-5-4-15-17(27)18(21)24-19(22)23-15/h2-5,10H,6-9,11-12H2,1H3,(H,28,29)(H2,22,23,24). The van der Waals surface area contributed by atoms with Crippen molar-refractivity contribution in [2.24, 2.45) is 0 Å². The zero-order chi connectivity index (χ0) is 21.3. The van der Waals surface area contributed by atoms with Crippen molar-refractivity contribution in [2.45, 2.75) is 13.1 Å². The minimum Gasteiger partial charge on any atom is -0.496 e. The van der Waals surface area contributed by atoms with Gasteiger partial charge in [-0.25, -0.2) is 9.78 Å². The molecule has 0 radical (unpaired) electrons. The molecule has 30 heavy (non-hydrogen) atoms. The number of hydrogen-bond acceptors (Lipinski definition) is 6. The van der Waals surface area contributed by atoms with Gasteiger partial charge in [-0.05, 0) is 23.8 Å². The Labute approximate surface area is 178 Å². The number of hydrogen-bond donors (Lipinski definition) is 2. The number of amides is 1. The van der Waals surface area contributed by atoms with Crippen LogP contribution in [0.1, 0.15) is 11.1 Å². The van der Waals surface area contributed by atoms with Crippen molar-refractivity contribution in [2.75, 3.05) is 39.0 Å². The van der Waals surface area contributed by atoms with E-state index < -0.39 is 6.09 Å². The van der Waals surface area contributed by atoms with Gasteiger partial charge in [-0.15, -0.1) is 0 Å². The molecule has 9 nitrogen and oxygen atoms in total. The topological polar surface area (TPSA) is 110 Å². The van der Waals surface area contributed by atoms with E-state index in [1.165, 1.54) is 4.90 Å². The number of methoxy groups -OCH3 is 1. The molecule has 0 spiro atoms. The Hall–Kier alpha value is -3.04. The average Bonchev–Trinajstić information content (AvgIpc) is 3.11. The van der Waals surface area contributed by atoms with E-state index in [1.807, 2.05) is 29.0 Å². The van der Waals surface area contributed by atoms with Crippen molar-refractivity contribution in [1.82, 2.24) is 24.3 Å². The average molecular weight is 431 g/mol. The van der Waals surface area contributed by atoms with Crippen LogP contribution in [-0.4, -0.2) is 68.8 Å². The molecule has 1 amide bonds. The van der Waals surface area contributed by atoms with Crippen molar-refractivity contribution in [1.29, 1.82) is 0 Å². The van der Waals surface area contributed by atoms with Gasteiger partial charge in [0.2, 0.25) is 5.95 Å². The highest BCUT2D eigenvalue weighted by molar-refractivity contribution is 6.33. The van der Waals surface area contributed by atoms with E-state index in [0.29, 0.717) is 43.4 Å². The Morgan fingerprint density at radius 3 is 2.67 bits per heavy atom. The molecule has 0 unspecified atom stereocenters. The number of nitrogens with two attached hydrogens (primary N) is 1. The first kappa shape index (κ1) is 20.2. The van der Waals surface area contributed by atoms with Crippen molar-refractivity contribution in [3.05, 3.63) is 46.7 Å². The molecule has 1 aliphatic rings. The number of ether oxygens (including phenoxy) is 1. The largest absolute Gasteiger partial charge is 0.496 e. The van der Waals surface area contributed by atoms with E-state index in [2.05, 4.69) is 20.9 Å². The first-order valence-electron chi connectivity index (χ1n) is 9.58. The predicted molar refractivity (Wildman–Crippen MR) is 114 cm³/mol. The number of benzene rings is 1. The van der Waals surface area contributed by atoms with Gasteiger partial charge in [0.25, 0.3) is 0 Å². The Morgan fingerprint density at radius 2 is 1.97 bits per heavy atom. The van der Waals surface area contributed by atoms with Crippen LogP contribution in [-0.2, 0) is 13.1 Å². The van der Waals surface area contributed by atoms with E-state index >= 15 is 0 Å². The molecule has 2 aromatic heterocycles. The summed E-state index contributed by atoms with van der Waals surface area (Å²) in [5, 5.41) is 9.42. The highest BCUT2D eigenvalue weighted by Crippen LogP contribution is 2.27. The number of carbonyl (C=O) groups is 1. The van der Waals surface area contributed by atoms with Crippen LogP contribution in [0.3, 0.4) is 0 Å². The number of carboxylic acid groups (broad SMARTS) is 1. The maximum absolute atomic E-state index is 11.1. The van der Waals surface area contributed by atoms with Gasteiger partial charge in [0.1, 0.15) is 11.3 Å². The quantitative estimate of drug-likeness (QED) is 0.598. The fraction of sp³-hybridized carbons (Fsp3) is 0.350. The zero-order valence-corrected chi connectivity index (χ0v) is 17.3. The maximum atomic E-state index is 11.1. The van der Waals surface area contributed by atoms with Gasteiger partial charge < -0.3 is 25.0 Å². The molecule has 158 valence electrons. The van der Waals surface area contributed by atoms with E-state index in [-0.39, 0.29) is 5.95 Å². The summed E-state index contributed by atoms with van der Waals surface area (Å²) in [6.45, 7) is 3.76. The lowest BCUT2D eigenvalue weighted by atomic mass is 10.1. The molecule has 0 aliphatic carbocycles. The summed E-state index contributed by atoms with van der Waals surface area (Å²) in [6, 6.07) is 7.97. The van der Waals surface area contributed by atoms with Crippen LogP contribution in [0.25, 0.3) is 11.0 Å². The second-order valence-corrected chi connectivity index (χ2v) is 7.60. The fourth-order valence-electron chi connectivity index (χ4n) is 3.80. The summed E-state index contributed by atoms with van der Waals surface area (Å²) in [5.41, 5.74) is 9.25. The van der Waals surface area contributed by atoms with Gasteiger partial charge in [0.05, 0.1) is 19.2 Å². The molecule has 10 heteroatoms. The van der Waals surface area contributed by atoms with E-state index in [9.17, 15) is 4.79 Å². The number of anilines is 1. The lowest BCUT2D eigenvalue weighted by molar-refractivity contribution is 0.103. The SMILES string of the molecule is COc1ccc(CN2CCN(C(=O)O)CC2)cc1Cn1ccc2nc(N)nc(Cl)c21. The summed E-state index contributed by atoms with van der Waals surface area (Å²) >= 11 is 6.31. The molecular weight excluding hydrogens is 408 g/mol. The first-order valence-corrected chi connectivity index (χ1v) is 9.96. The molecule has 0 atom stereocenters. The molecule has 1 fully saturated rings. The summed E-state index contributed by atoms with van der Waals surface area (Å²) in [7, 11) is 1.65. The first-order chi connectivity index (χ1) is 14.4. The van der Waals surface area contributed by atoms with Crippen molar-refractivity contribution < 1.29 is 14.6 Å². The van der Waals surface area contributed by atoms with Crippen LogP contribution >= 0.6 is 11.6 Å². The van der Waals surface area contributed by atoms with E-state index in [0.717, 1.165) is 28.9 Å². The molecule has 0 bridgehead atoms. The van der Waals surface area contributed by atoms with Crippen LogP contribution in [0.5, 0.6) is 5.75 Å². The predicted octanol–water partition coefficient (Wildman–Crippen LogP) is 2.52. The Kier molecular flexibility index (Phi) is 5.65. The smallest absolute Gasteiger partial charge is 0.407 e. The summed E-state index contributed by atoms with van der Waals surface area (Å²) in [6.07, 6.45) is 1.05. The van der Waals surface area contributed by atoms with E-state index in [4.69, 9.17) is 27.2 Å². The molecule has 0 saturated carbocycles. The highest BCUT2D eigenvalue weighted by atomic mass is 35.5. The summed E-state index contributed by atoms with van der Waals surface area (Å²) in [4.78, 5) is 23.1. The van der Waals surface area contributed by atoms with Crippen LogP contribution in [0.15, 0.2) is 30.5 Å². The monoisotopic (exact) mass is 430 g/mol. The molecule has 3 heterocycles. The van der Waals surface area contributed by atoms with Gasteiger partial charge in [-0.1, -0.05) is 17.7 Å². The summed E-state index contributed by atoms with van der Waals surface area (Å²) < 4.78 is 7.53. The van der Waals surface area contributed by atoms with Crippen molar-refractivity contribution in [3.8, 4) is 5.75 Å². The maximum Gasteiger partial charge on any atom is 0.407 e. The second-order valence-electron chi connectivity index (χ2n) is 7.24. The number of aromatic nitrogens is 3. The number of nitrogens with zero attached hydrogens (tertiary/aromatic N) is 5. The molecule has 1 saturated heterocycles. The lowest BCUT2D eigenvalue weighted by Crippen LogP contribution is -2.47. The molecule has 1 aromatic carbocycles. The Bertz CT molecular complexity index is 1080. The third-order valence-corrected chi connectivity index (χ3v) is 5.58. The van der Waals surface area contributed by atoms with Crippen LogP contribution < -0.4 is 10.5 Å². The number of fused-ring (bicyclic) bond motifs is 1. The van der Waals surface area contributed by atoms with Crippen LogP contribution in [0.2, 0.25) is 5.15 Å². The van der Waals surface area contributed by atoms with Crippen LogP contribution in [0.4, 0.5) is 10.7 Å². The minimum atomic E-state index is -0.857. The molecular formula is C20H23ClN6O3. The van der Waals surface area contributed by atoms with Gasteiger partial charge in [-0.2, -0.15) is 4.98 Å². The van der Waals surface area contributed by atoms with Gasteiger partial charge in [-0.3, -0.25) is 4.90 Å². The Morgan fingerprint density at radius 1 is 1.20 bits per heavy atom. The Balaban J connectivity index is 1.55. The van der Waals surface area contributed by atoms with Crippen molar-refractivity contribution >= 4 is 34.7 Å². The minimum absolute atomic E-state index is 0.146.